The van der Waals surface area contributed by atoms with Crippen molar-refractivity contribution in [1.29, 1.82) is 0 Å². The molecule has 1 rings (SSSR count). The van der Waals surface area contributed by atoms with Crippen molar-refractivity contribution in [3.8, 4) is 0 Å². The van der Waals surface area contributed by atoms with E-state index in [1.165, 1.54) is 12.1 Å². The maximum Gasteiger partial charge on any atom is 0.123 e. The van der Waals surface area contributed by atoms with Crippen LogP contribution in [0.5, 0.6) is 0 Å². The minimum Gasteiger partial charge on any atom is -0.387 e. The Balaban J connectivity index is 2.52. The Morgan fingerprint density at radius 3 is 2.36 bits per heavy atom. The van der Waals surface area contributed by atoms with Crippen LogP contribution in [0.3, 0.4) is 0 Å². The van der Waals surface area contributed by atoms with Crippen LogP contribution in [0.4, 0.5) is 4.39 Å². The number of hydrogen-bond donors (Lipinski definition) is 2. The van der Waals surface area contributed by atoms with Gasteiger partial charge in [-0.05, 0) is 17.7 Å². The van der Waals surface area contributed by atoms with E-state index in [0.29, 0.717) is 12.6 Å². The third-order valence-electron chi connectivity index (χ3n) is 1.97. The first-order valence-electron chi connectivity index (χ1n) is 4.76. The number of rotatable bonds is 4. The summed E-state index contributed by atoms with van der Waals surface area (Å²) >= 11 is 0. The van der Waals surface area contributed by atoms with Crippen molar-refractivity contribution < 1.29 is 9.50 Å². The molecule has 0 aromatic heterocycles. The summed E-state index contributed by atoms with van der Waals surface area (Å²) in [5, 5.41) is 12.8. The molecule has 0 radical (unpaired) electrons. The van der Waals surface area contributed by atoms with Crippen LogP contribution in [-0.2, 0) is 0 Å². The van der Waals surface area contributed by atoms with Crippen LogP contribution < -0.4 is 5.32 Å². The van der Waals surface area contributed by atoms with Gasteiger partial charge in [0.15, 0.2) is 0 Å². The van der Waals surface area contributed by atoms with Gasteiger partial charge in [-0.25, -0.2) is 4.39 Å². The molecule has 0 bridgehead atoms. The molecule has 2 nitrogen and oxygen atoms in total. The monoisotopic (exact) mass is 197 g/mol. The van der Waals surface area contributed by atoms with Gasteiger partial charge >= 0.3 is 0 Å². The van der Waals surface area contributed by atoms with Crippen molar-refractivity contribution in [3.63, 3.8) is 0 Å². The molecule has 0 saturated carbocycles. The largest absolute Gasteiger partial charge is 0.387 e. The summed E-state index contributed by atoms with van der Waals surface area (Å²) in [6, 6.07) is 6.25. The fraction of sp³-hybridized carbons (Fsp3) is 0.455. The van der Waals surface area contributed by atoms with E-state index < -0.39 is 6.10 Å². The van der Waals surface area contributed by atoms with Crippen LogP contribution in [0, 0.1) is 5.82 Å². The molecule has 1 aromatic rings. The van der Waals surface area contributed by atoms with E-state index in [9.17, 15) is 9.50 Å². The van der Waals surface area contributed by atoms with E-state index in [2.05, 4.69) is 5.32 Å². The van der Waals surface area contributed by atoms with Crippen LogP contribution >= 0.6 is 0 Å². The molecule has 0 aliphatic rings. The molecule has 0 amide bonds. The number of aliphatic hydroxyl groups excluding tert-OH is 1. The molecule has 0 aliphatic heterocycles. The Hall–Kier alpha value is -0.930. The van der Waals surface area contributed by atoms with E-state index in [1.54, 1.807) is 12.1 Å². The van der Waals surface area contributed by atoms with Crippen molar-refractivity contribution in [2.24, 2.45) is 0 Å². The molecule has 3 heteroatoms. The zero-order valence-corrected chi connectivity index (χ0v) is 8.50. The maximum absolute atomic E-state index is 12.6. The Morgan fingerprint density at radius 1 is 1.29 bits per heavy atom. The molecule has 0 fully saturated rings. The first kappa shape index (κ1) is 11.1. The summed E-state index contributed by atoms with van der Waals surface area (Å²) in [7, 11) is 0. The van der Waals surface area contributed by atoms with E-state index in [-0.39, 0.29) is 5.82 Å². The second kappa shape index (κ2) is 5.08. The Kier molecular flexibility index (Phi) is 4.04. The third-order valence-corrected chi connectivity index (χ3v) is 1.97. The van der Waals surface area contributed by atoms with Gasteiger partial charge in [0.1, 0.15) is 5.82 Å². The van der Waals surface area contributed by atoms with Gasteiger partial charge in [-0.1, -0.05) is 26.0 Å². The summed E-state index contributed by atoms with van der Waals surface area (Å²) < 4.78 is 12.6. The Bertz CT molecular complexity index is 271. The number of halogens is 1. The molecule has 1 aromatic carbocycles. The molecule has 1 unspecified atom stereocenters. The highest BCUT2D eigenvalue weighted by atomic mass is 19.1. The average molecular weight is 197 g/mol. The first-order chi connectivity index (χ1) is 6.59. The normalized spacial score (nSPS) is 13.2. The quantitative estimate of drug-likeness (QED) is 0.772. The highest BCUT2D eigenvalue weighted by Crippen LogP contribution is 2.12. The van der Waals surface area contributed by atoms with Gasteiger partial charge in [-0.15, -0.1) is 0 Å². The van der Waals surface area contributed by atoms with Crippen LogP contribution in [0.15, 0.2) is 24.3 Å². The number of hydrogen-bond acceptors (Lipinski definition) is 2. The van der Waals surface area contributed by atoms with Gasteiger partial charge in [-0.2, -0.15) is 0 Å². The fourth-order valence-electron chi connectivity index (χ4n) is 1.15. The topological polar surface area (TPSA) is 32.3 Å². The highest BCUT2D eigenvalue weighted by Gasteiger charge is 2.07. The fourth-order valence-corrected chi connectivity index (χ4v) is 1.15. The molecule has 0 spiro atoms. The van der Waals surface area contributed by atoms with Crippen LogP contribution in [0.1, 0.15) is 25.5 Å². The molecule has 2 N–H and O–H groups in total. The van der Waals surface area contributed by atoms with Crippen molar-refractivity contribution in [2.45, 2.75) is 26.0 Å². The first-order valence-corrected chi connectivity index (χ1v) is 4.76. The molecule has 78 valence electrons. The number of aliphatic hydroxyl groups is 1. The second-order valence-electron chi connectivity index (χ2n) is 3.63. The van der Waals surface area contributed by atoms with E-state index in [0.717, 1.165) is 5.56 Å². The molecule has 0 heterocycles. The third kappa shape index (κ3) is 3.44. The molecule has 0 aliphatic carbocycles. The van der Waals surface area contributed by atoms with Gasteiger partial charge in [0.2, 0.25) is 0 Å². The lowest BCUT2D eigenvalue weighted by Crippen LogP contribution is -2.27. The number of benzene rings is 1. The van der Waals surface area contributed by atoms with E-state index in [1.807, 2.05) is 13.8 Å². The Morgan fingerprint density at radius 2 is 1.86 bits per heavy atom. The van der Waals surface area contributed by atoms with Crippen LogP contribution in [0.2, 0.25) is 0 Å². The van der Waals surface area contributed by atoms with E-state index >= 15 is 0 Å². The van der Waals surface area contributed by atoms with E-state index in [4.69, 9.17) is 0 Å². The van der Waals surface area contributed by atoms with Crippen molar-refractivity contribution in [2.75, 3.05) is 6.54 Å². The molecular formula is C11H16FNO. The predicted molar refractivity (Wildman–Crippen MR) is 54.5 cm³/mol. The second-order valence-corrected chi connectivity index (χ2v) is 3.63. The maximum atomic E-state index is 12.6. The highest BCUT2D eigenvalue weighted by molar-refractivity contribution is 5.18. The standard InChI is InChI=1S/C11H16FNO/c1-8(2)13-7-11(14)9-3-5-10(12)6-4-9/h3-6,8,11,13-14H,7H2,1-2H3. The molecule has 0 saturated heterocycles. The molecule has 14 heavy (non-hydrogen) atoms. The van der Waals surface area contributed by atoms with Gasteiger partial charge in [0.05, 0.1) is 6.10 Å². The van der Waals surface area contributed by atoms with Crippen molar-refractivity contribution >= 4 is 0 Å². The molecule has 1 atom stereocenters. The summed E-state index contributed by atoms with van der Waals surface area (Å²) in [5.74, 6) is -0.280. The summed E-state index contributed by atoms with van der Waals surface area (Å²) in [4.78, 5) is 0. The smallest absolute Gasteiger partial charge is 0.123 e. The SMILES string of the molecule is CC(C)NCC(O)c1ccc(F)cc1. The average Bonchev–Trinajstić information content (AvgIpc) is 2.15. The lowest BCUT2D eigenvalue weighted by Gasteiger charge is -2.14. The summed E-state index contributed by atoms with van der Waals surface area (Å²) in [6.45, 7) is 4.51. The van der Waals surface area contributed by atoms with Crippen LogP contribution in [0.25, 0.3) is 0 Å². The van der Waals surface area contributed by atoms with Gasteiger partial charge in [0, 0.05) is 12.6 Å². The van der Waals surface area contributed by atoms with Crippen molar-refractivity contribution in [3.05, 3.63) is 35.6 Å². The van der Waals surface area contributed by atoms with Gasteiger partial charge < -0.3 is 10.4 Å². The summed E-state index contributed by atoms with van der Waals surface area (Å²) in [6.07, 6.45) is -0.571. The minimum absolute atomic E-state index is 0.280. The van der Waals surface area contributed by atoms with Crippen molar-refractivity contribution in [1.82, 2.24) is 5.32 Å². The summed E-state index contributed by atoms with van der Waals surface area (Å²) in [5.41, 5.74) is 0.736. The number of nitrogens with one attached hydrogen (secondary N) is 1. The predicted octanol–water partition coefficient (Wildman–Crippen LogP) is 1.86. The lowest BCUT2D eigenvalue weighted by atomic mass is 10.1. The minimum atomic E-state index is -0.571. The van der Waals surface area contributed by atoms with Gasteiger partial charge in [-0.3, -0.25) is 0 Å². The molecular weight excluding hydrogens is 181 g/mol. The lowest BCUT2D eigenvalue weighted by molar-refractivity contribution is 0.171. The van der Waals surface area contributed by atoms with Gasteiger partial charge in [0.25, 0.3) is 0 Å². The zero-order valence-electron chi connectivity index (χ0n) is 8.50. The van der Waals surface area contributed by atoms with Crippen LogP contribution in [-0.4, -0.2) is 17.7 Å². The Labute approximate surface area is 83.8 Å². The zero-order chi connectivity index (χ0) is 10.6.